The molecule has 96 valence electrons. The van der Waals surface area contributed by atoms with Gasteiger partial charge in [0.25, 0.3) is 5.89 Å². The van der Waals surface area contributed by atoms with Gasteiger partial charge < -0.3 is 13.5 Å². The molecule has 0 saturated carbocycles. The minimum atomic E-state index is -0.647. The van der Waals surface area contributed by atoms with Gasteiger partial charge in [0.2, 0.25) is 5.82 Å². The van der Waals surface area contributed by atoms with E-state index in [4.69, 9.17) is 13.5 Å². The highest BCUT2D eigenvalue weighted by Gasteiger charge is 2.19. The second-order valence-corrected chi connectivity index (χ2v) is 3.64. The normalized spacial score (nSPS) is 10.8. The molecule has 0 atom stereocenters. The number of aryl methyl sites for hydroxylation is 1. The number of nitrogens with zero attached hydrogens (tertiary/aromatic N) is 4. The van der Waals surface area contributed by atoms with E-state index in [1.54, 1.807) is 13.0 Å². The number of nitro groups is 1. The lowest BCUT2D eigenvalue weighted by molar-refractivity contribution is -0.401. The maximum absolute atomic E-state index is 10.5. The van der Waals surface area contributed by atoms with Gasteiger partial charge in [-0.1, -0.05) is 10.3 Å². The summed E-state index contributed by atoms with van der Waals surface area (Å²) in [7, 11) is 0. The highest BCUT2D eigenvalue weighted by atomic mass is 16.6. The van der Waals surface area contributed by atoms with Gasteiger partial charge in [0.15, 0.2) is 11.5 Å². The van der Waals surface area contributed by atoms with Crippen LogP contribution in [0.2, 0.25) is 0 Å². The van der Waals surface area contributed by atoms with Gasteiger partial charge >= 0.3 is 5.88 Å². The van der Waals surface area contributed by atoms with Crippen LogP contribution in [0.1, 0.15) is 5.76 Å². The molecular weight excluding hydrogens is 256 g/mol. The van der Waals surface area contributed by atoms with Crippen molar-refractivity contribution in [3.8, 4) is 23.2 Å². The van der Waals surface area contributed by atoms with Crippen LogP contribution in [0.25, 0.3) is 23.2 Å². The molecule has 0 radical (unpaired) electrons. The molecule has 0 spiro atoms. The monoisotopic (exact) mass is 262 g/mol. The van der Waals surface area contributed by atoms with Gasteiger partial charge in [-0.2, -0.15) is 4.98 Å². The molecule has 0 fully saturated rings. The Kier molecular flexibility index (Phi) is 2.37. The molecule has 0 aliphatic carbocycles. The van der Waals surface area contributed by atoms with Gasteiger partial charge in [-0.3, -0.25) is 10.1 Å². The van der Waals surface area contributed by atoms with Crippen LogP contribution in [0, 0.1) is 17.0 Å². The van der Waals surface area contributed by atoms with Crippen LogP contribution in [0.15, 0.2) is 31.7 Å². The quantitative estimate of drug-likeness (QED) is 0.520. The van der Waals surface area contributed by atoms with Gasteiger partial charge in [-0.05, 0) is 13.0 Å². The predicted octanol–water partition coefficient (Wildman–Crippen LogP) is 2.20. The van der Waals surface area contributed by atoms with E-state index in [0.717, 1.165) is 0 Å². The van der Waals surface area contributed by atoms with Crippen molar-refractivity contribution in [1.29, 1.82) is 0 Å². The number of hydrogen-bond acceptors (Lipinski definition) is 8. The summed E-state index contributed by atoms with van der Waals surface area (Å²) in [5.74, 6) is 0.596. The van der Waals surface area contributed by atoms with E-state index in [1.165, 1.54) is 12.1 Å². The summed E-state index contributed by atoms with van der Waals surface area (Å²) in [6.45, 7) is 1.73. The molecule has 3 aromatic rings. The van der Waals surface area contributed by atoms with E-state index in [1.807, 2.05) is 0 Å². The van der Waals surface area contributed by atoms with E-state index >= 15 is 0 Å². The van der Waals surface area contributed by atoms with E-state index < -0.39 is 10.8 Å². The van der Waals surface area contributed by atoms with E-state index in [9.17, 15) is 10.1 Å². The van der Waals surface area contributed by atoms with Crippen molar-refractivity contribution < 1.29 is 18.4 Å². The summed E-state index contributed by atoms with van der Waals surface area (Å²) in [6.07, 6.45) is 0. The maximum Gasteiger partial charge on any atom is 0.433 e. The summed E-state index contributed by atoms with van der Waals surface area (Å²) >= 11 is 0. The van der Waals surface area contributed by atoms with Crippen LogP contribution in [0.3, 0.4) is 0 Å². The standard InChI is InChI=1S/C10H6N4O5/c1-5-4-6(12-18-5)10-11-9(13-19-10)7-2-3-8(17-7)14(15)16/h2-4H,1H3. The first-order chi connectivity index (χ1) is 9.13. The van der Waals surface area contributed by atoms with Gasteiger partial charge in [-0.15, -0.1) is 0 Å². The molecule has 0 bridgehead atoms. The second kappa shape index (κ2) is 4.05. The summed E-state index contributed by atoms with van der Waals surface area (Å²) in [5, 5.41) is 17.9. The molecule has 0 amide bonds. The third-order valence-electron chi connectivity index (χ3n) is 2.27. The van der Waals surface area contributed by atoms with Crippen molar-refractivity contribution in [3.05, 3.63) is 34.1 Å². The molecule has 9 nitrogen and oxygen atoms in total. The second-order valence-electron chi connectivity index (χ2n) is 3.64. The van der Waals surface area contributed by atoms with Crippen LogP contribution in [0.5, 0.6) is 0 Å². The summed E-state index contributed by atoms with van der Waals surface area (Å²) in [6, 6.07) is 4.23. The fourth-order valence-electron chi connectivity index (χ4n) is 1.44. The minimum Gasteiger partial charge on any atom is -0.397 e. The number of aromatic nitrogens is 3. The summed E-state index contributed by atoms with van der Waals surface area (Å²) in [5.41, 5.74) is 0.386. The van der Waals surface area contributed by atoms with Crippen LogP contribution in [-0.4, -0.2) is 20.2 Å². The van der Waals surface area contributed by atoms with Crippen LogP contribution in [0.4, 0.5) is 5.88 Å². The average molecular weight is 262 g/mol. The lowest BCUT2D eigenvalue weighted by Gasteiger charge is -1.84. The molecule has 0 saturated heterocycles. The third kappa shape index (κ3) is 1.97. The van der Waals surface area contributed by atoms with Gasteiger partial charge in [0.1, 0.15) is 10.7 Å². The minimum absolute atomic E-state index is 0.101. The lowest BCUT2D eigenvalue weighted by Crippen LogP contribution is -1.83. The van der Waals surface area contributed by atoms with Crippen molar-refractivity contribution in [2.24, 2.45) is 0 Å². The van der Waals surface area contributed by atoms with E-state index in [0.29, 0.717) is 11.5 Å². The molecule has 0 aliphatic rings. The molecule has 0 aliphatic heterocycles. The first-order valence-electron chi connectivity index (χ1n) is 5.15. The number of rotatable bonds is 3. The van der Waals surface area contributed by atoms with E-state index in [2.05, 4.69) is 15.3 Å². The summed E-state index contributed by atoms with van der Waals surface area (Å²) in [4.78, 5) is 13.9. The SMILES string of the molecule is Cc1cc(-c2nc(-c3ccc([N+](=O)[O-])o3)no2)no1. The van der Waals surface area contributed by atoms with Crippen molar-refractivity contribution in [1.82, 2.24) is 15.3 Å². The Morgan fingerprint density at radius 3 is 2.74 bits per heavy atom. The zero-order valence-corrected chi connectivity index (χ0v) is 9.56. The van der Waals surface area contributed by atoms with E-state index in [-0.39, 0.29) is 17.5 Å². The molecule has 0 unspecified atom stereocenters. The molecule has 19 heavy (non-hydrogen) atoms. The van der Waals surface area contributed by atoms with Crippen LogP contribution < -0.4 is 0 Å². The van der Waals surface area contributed by atoms with Crippen molar-refractivity contribution in [3.63, 3.8) is 0 Å². The Hall–Kier alpha value is -2.97. The van der Waals surface area contributed by atoms with Crippen molar-refractivity contribution >= 4 is 5.88 Å². The van der Waals surface area contributed by atoms with Crippen molar-refractivity contribution in [2.75, 3.05) is 0 Å². The maximum atomic E-state index is 10.5. The van der Waals surface area contributed by atoms with Gasteiger partial charge in [0.05, 0.1) is 6.07 Å². The first kappa shape index (κ1) is 11.1. The zero-order valence-electron chi connectivity index (χ0n) is 9.56. The molecular formula is C10H6N4O5. The Labute approximate surface area is 105 Å². The lowest BCUT2D eigenvalue weighted by atomic mass is 10.4. The smallest absolute Gasteiger partial charge is 0.397 e. The molecule has 3 aromatic heterocycles. The fourth-order valence-corrected chi connectivity index (χ4v) is 1.44. The highest BCUT2D eigenvalue weighted by molar-refractivity contribution is 5.53. The van der Waals surface area contributed by atoms with Crippen LogP contribution in [-0.2, 0) is 0 Å². The average Bonchev–Trinajstić information content (AvgIpc) is 3.07. The van der Waals surface area contributed by atoms with Gasteiger partial charge in [-0.25, -0.2) is 0 Å². The zero-order chi connectivity index (χ0) is 13.4. The summed E-state index contributed by atoms with van der Waals surface area (Å²) < 4.78 is 14.8. The molecule has 9 heteroatoms. The molecule has 3 rings (SSSR count). The largest absolute Gasteiger partial charge is 0.433 e. The molecule has 0 aromatic carbocycles. The van der Waals surface area contributed by atoms with Crippen molar-refractivity contribution in [2.45, 2.75) is 6.92 Å². The molecule has 3 heterocycles. The number of furan rings is 1. The Bertz CT molecular complexity index is 741. The Morgan fingerprint density at radius 1 is 1.26 bits per heavy atom. The Morgan fingerprint density at radius 2 is 2.11 bits per heavy atom. The first-order valence-corrected chi connectivity index (χ1v) is 5.15. The predicted molar refractivity (Wildman–Crippen MR) is 58.9 cm³/mol. The van der Waals surface area contributed by atoms with Crippen LogP contribution >= 0.6 is 0 Å². The number of hydrogen-bond donors (Lipinski definition) is 0. The Balaban J connectivity index is 1.94. The topological polar surface area (TPSA) is 121 Å². The third-order valence-corrected chi connectivity index (χ3v) is 2.27. The van der Waals surface area contributed by atoms with Gasteiger partial charge in [0, 0.05) is 6.07 Å². The highest BCUT2D eigenvalue weighted by Crippen LogP contribution is 2.26. The molecule has 0 N–H and O–H groups in total. The fraction of sp³-hybridized carbons (Fsp3) is 0.100.